The van der Waals surface area contributed by atoms with Crippen LogP contribution in [0.15, 0.2) is 64.3 Å². The molecule has 2 heterocycles. The van der Waals surface area contributed by atoms with Crippen LogP contribution in [0.5, 0.6) is 0 Å². The Hall–Kier alpha value is -3.85. The molecular weight excluding hydrogens is 449 g/mol. The van der Waals surface area contributed by atoms with E-state index in [4.69, 9.17) is 11.6 Å². The number of benzene rings is 2. The Morgan fingerprint density at radius 3 is 2.42 bits per heavy atom. The van der Waals surface area contributed by atoms with Crippen molar-refractivity contribution in [2.75, 3.05) is 0 Å². The van der Waals surface area contributed by atoms with Gasteiger partial charge < -0.3 is 5.32 Å². The summed E-state index contributed by atoms with van der Waals surface area (Å²) in [4.78, 5) is 47.1. The standard InChI is InChI=1S/C23H19ClFN5O3/c1-2-29-21-18(12-27-20(28-21)15-5-7-16(24)8-6-15)22(32)30(23(29)33)13-19(31)26-11-14-3-9-17(25)10-4-14/h3-10,12H,2,11,13H2,1H3,(H,26,31). The first-order valence-electron chi connectivity index (χ1n) is 10.1. The first kappa shape index (κ1) is 22.3. The largest absolute Gasteiger partial charge is 0.350 e. The predicted molar refractivity (Wildman–Crippen MR) is 122 cm³/mol. The van der Waals surface area contributed by atoms with Crippen LogP contribution in [-0.4, -0.2) is 25.0 Å². The molecule has 1 amide bonds. The summed E-state index contributed by atoms with van der Waals surface area (Å²) in [5.41, 5.74) is 0.257. The summed E-state index contributed by atoms with van der Waals surface area (Å²) >= 11 is 5.93. The highest BCUT2D eigenvalue weighted by molar-refractivity contribution is 6.30. The van der Waals surface area contributed by atoms with Crippen LogP contribution < -0.4 is 16.6 Å². The molecule has 0 saturated heterocycles. The Morgan fingerprint density at radius 2 is 1.76 bits per heavy atom. The molecule has 2 aromatic heterocycles. The third kappa shape index (κ3) is 4.68. The quantitative estimate of drug-likeness (QED) is 0.470. The number of nitrogens with zero attached hydrogens (tertiary/aromatic N) is 4. The third-order valence-corrected chi connectivity index (χ3v) is 5.34. The van der Waals surface area contributed by atoms with Crippen LogP contribution in [0.1, 0.15) is 12.5 Å². The SMILES string of the molecule is CCn1c(=O)n(CC(=O)NCc2ccc(F)cc2)c(=O)c2cnc(-c3ccc(Cl)cc3)nc21. The molecule has 0 saturated carbocycles. The zero-order valence-corrected chi connectivity index (χ0v) is 18.3. The predicted octanol–water partition coefficient (Wildman–Crippen LogP) is 2.75. The normalized spacial score (nSPS) is 11.0. The van der Waals surface area contributed by atoms with E-state index in [0.717, 1.165) is 4.57 Å². The molecule has 0 bridgehead atoms. The zero-order chi connectivity index (χ0) is 23.5. The van der Waals surface area contributed by atoms with E-state index in [1.54, 1.807) is 31.2 Å². The molecule has 4 rings (SSSR count). The second kappa shape index (κ2) is 9.33. The number of fused-ring (bicyclic) bond motifs is 1. The van der Waals surface area contributed by atoms with E-state index in [1.165, 1.54) is 35.0 Å². The highest BCUT2D eigenvalue weighted by Gasteiger charge is 2.17. The molecule has 10 heteroatoms. The van der Waals surface area contributed by atoms with Crippen LogP contribution in [-0.2, 0) is 24.4 Å². The van der Waals surface area contributed by atoms with E-state index in [2.05, 4.69) is 15.3 Å². The van der Waals surface area contributed by atoms with Crippen molar-refractivity contribution in [3.8, 4) is 11.4 Å². The number of nitrogens with one attached hydrogen (secondary N) is 1. The summed E-state index contributed by atoms with van der Waals surface area (Å²) in [6, 6.07) is 12.5. The van der Waals surface area contributed by atoms with E-state index in [-0.39, 0.29) is 29.9 Å². The number of carbonyl (C=O) groups is 1. The average molecular weight is 468 g/mol. The topological polar surface area (TPSA) is 98.9 Å². The van der Waals surface area contributed by atoms with Crippen molar-refractivity contribution in [1.82, 2.24) is 24.4 Å². The van der Waals surface area contributed by atoms with Crippen LogP contribution in [0, 0.1) is 5.82 Å². The summed E-state index contributed by atoms with van der Waals surface area (Å²) in [6.45, 7) is 1.66. The van der Waals surface area contributed by atoms with Gasteiger partial charge in [0.15, 0.2) is 11.5 Å². The fraction of sp³-hybridized carbons (Fsp3) is 0.174. The van der Waals surface area contributed by atoms with Gasteiger partial charge in [-0.1, -0.05) is 23.7 Å². The van der Waals surface area contributed by atoms with E-state index in [1.807, 2.05) is 0 Å². The zero-order valence-electron chi connectivity index (χ0n) is 17.6. The van der Waals surface area contributed by atoms with Crippen LogP contribution in [0.2, 0.25) is 5.02 Å². The first-order chi connectivity index (χ1) is 15.9. The molecule has 8 nitrogen and oxygen atoms in total. The molecule has 0 radical (unpaired) electrons. The molecular formula is C23H19ClFN5O3. The lowest BCUT2D eigenvalue weighted by Crippen LogP contribution is -2.44. The highest BCUT2D eigenvalue weighted by atomic mass is 35.5. The Bertz CT molecular complexity index is 1450. The second-order valence-electron chi connectivity index (χ2n) is 7.26. The molecule has 0 fully saturated rings. The van der Waals surface area contributed by atoms with E-state index in [9.17, 15) is 18.8 Å². The fourth-order valence-electron chi connectivity index (χ4n) is 3.36. The van der Waals surface area contributed by atoms with Crippen molar-refractivity contribution >= 4 is 28.5 Å². The molecule has 0 aliphatic carbocycles. The summed E-state index contributed by atoms with van der Waals surface area (Å²) < 4.78 is 15.2. The van der Waals surface area contributed by atoms with Gasteiger partial charge in [-0.05, 0) is 48.9 Å². The molecule has 33 heavy (non-hydrogen) atoms. The Labute approximate surface area is 192 Å². The van der Waals surface area contributed by atoms with Crippen molar-refractivity contribution in [3.63, 3.8) is 0 Å². The summed E-state index contributed by atoms with van der Waals surface area (Å²) in [5, 5.41) is 3.32. The Balaban J connectivity index is 1.66. The van der Waals surface area contributed by atoms with Gasteiger partial charge in [0.25, 0.3) is 5.56 Å². The van der Waals surface area contributed by atoms with Crippen LogP contribution in [0.3, 0.4) is 0 Å². The molecule has 0 atom stereocenters. The number of rotatable bonds is 6. The van der Waals surface area contributed by atoms with Gasteiger partial charge in [0.1, 0.15) is 17.7 Å². The lowest BCUT2D eigenvalue weighted by atomic mass is 10.2. The molecule has 2 aromatic carbocycles. The van der Waals surface area contributed by atoms with Crippen LogP contribution in [0.25, 0.3) is 22.4 Å². The molecule has 168 valence electrons. The number of aromatic nitrogens is 4. The first-order valence-corrected chi connectivity index (χ1v) is 10.5. The van der Waals surface area contributed by atoms with Crippen molar-refractivity contribution in [2.24, 2.45) is 0 Å². The van der Waals surface area contributed by atoms with Gasteiger partial charge in [0.05, 0.1) is 0 Å². The minimum absolute atomic E-state index is 0.125. The molecule has 4 aromatic rings. The summed E-state index contributed by atoms with van der Waals surface area (Å²) in [7, 11) is 0. The number of carbonyl (C=O) groups excluding carboxylic acids is 1. The van der Waals surface area contributed by atoms with E-state index in [0.29, 0.717) is 22.0 Å². The van der Waals surface area contributed by atoms with Gasteiger partial charge in [-0.25, -0.2) is 19.2 Å². The van der Waals surface area contributed by atoms with Crippen molar-refractivity contribution in [3.05, 3.63) is 92.0 Å². The molecule has 1 N–H and O–H groups in total. The van der Waals surface area contributed by atoms with Crippen molar-refractivity contribution < 1.29 is 9.18 Å². The number of aryl methyl sites for hydroxylation is 1. The number of halogens is 2. The molecule has 0 aliphatic rings. The monoisotopic (exact) mass is 467 g/mol. The van der Waals surface area contributed by atoms with E-state index >= 15 is 0 Å². The maximum Gasteiger partial charge on any atom is 0.333 e. The van der Waals surface area contributed by atoms with Crippen molar-refractivity contribution in [2.45, 2.75) is 26.6 Å². The van der Waals surface area contributed by atoms with E-state index < -0.39 is 23.7 Å². The van der Waals surface area contributed by atoms with Gasteiger partial charge in [-0.3, -0.25) is 18.7 Å². The lowest BCUT2D eigenvalue weighted by molar-refractivity contribution is -0.121. The van der Waals surface area contributed by atoms with Gasteiger partial charge in [-0.15, -0.1) is 0 Å². The molecule has 0 spiro atoms. The van der Waals surface area contributed by atoms with Gasteiger partial charge in [-0.2, -0.15) is 0 Å². The van der Waals surface area contributed by atoms with Gasteiger partial charge in [0.2, 0.25) is 5.91 Å². The lowest BCUT2D eigenvalue weighted by Gasteiger charge is -2.13. The van der Waals surface area contributed by atoms with Crippen LogP contribution in [0.4, 0.5) is 4.39 Å². The summed E-state index contributed by atoms with van der Waals surface area (Å²) in [5.74, 6) is -0.566. The summed E-state index contributed by atoms with van der Waals surface area (Å²) in [6.07, 6.45) is 1.35. The maximum atomic E-state index is 13.0. The Kier molecular flexibility index (Phi) is 6.32. The third-order valence-electron chi connectivity index (χ3n) is 5.08. The molecule has 0 unspecified atom stereocenters. The smallest absolute Gasteiger partial charge is 0.333 e. The van der Waals surface area contributed by atoms with Crippen LogP contribution >= 0.6 is 11.6 Å². The number of amides is 1. The maximum absolute atomic E-state index is 13.0. The second-order valence-corrected chi connectivity index (χ2v) is 7.70. The number of hydrogen-bond donors (Lipinski definition) is 1. The highest BCUT2D eigenvalue weighted by Crippen LogP contribution is 2.19. The van der Waals surface area contributed by atoms with Gasteiger partial charge >= 0.3 is 5.69 Å². The molecule has 0 aliphatic heterocycles. The Morgan fingerprint density at radius 1 is 1.06 bits per heavy atom. The van der Waals surface area contributed by atoms with Gasteiger partial charge in [0, 0.05) is 29.9 Å². The minimum Gasteiger partial charge on any atom is -0.350 e. The van der Waals surface area contributed by atoms with Crippen molar-refractivity contribution in [1.29, 1.82) is 0 Å². The average Bonchev–Trinajstić information content (AvgIpc) is 2.82. The number of hydrogen-bond acceptors (Lipinski definition) is 5. The minimum atomic E-state index is -0.653. The fourth-order valence-corrected chi connectivity index (χ4v) is 3.49.